The smallest absolute Gasteiger partial charge is 0.247 e. The van der Waals surface area contributed by atoms with Gasteiger partial charge in [0.15, 0.2) is 17.3 Å². The van der Waals surface area contributed by atoms with E-state index in [4.69, 9.17) is 35.4 Å². The maximum atomic E-state index is 15.0. The van der Waals surface area contributed by atoms with E-state index in [-0.39, 0.29) is 36.9 Å². The first-order chi connectivity index (χ1) is 21.0. The number of aliphatic hydroxyl groups excluding tert-OH is 4. The van der Waals surface area contributed by atoms with Crippen LogP contribution in [0.4, 0.5) is 4.39 Å². The van der Waals surface area contributed by atoms with Crippen molar-refractivity contribution in [1.82, 2.24) is 10.8 Å². The van der Waals surface area contributed by atoms with Crippen LogP contribution in [0.5, 0.6) is 5.75 Å². The summed E-state index contributed by atoms with van der Waals surface area (Å²) in [5.41, 5.74) is 4.48. The van der Waals surface area contributed by atoms with Gasteiger partial charge in [0.2, 0.25) is 12.2 Å². The SMILES string of the molecule is CC(=Cc1ccc(O[C@H]2C[C@H](O)C(=C(C)NOCc3cccc(Cl)c3)O2)c(F)c1)C(=O)N[C@@H]1[C@H](O)[C@@H](O)[C@H]2OCO[C@H]2[C@@H]1O. The fraction of sp³-hybridized carbons (Fsp3) is 0.433. The van der Waals surface area contributed by atoms with E-state index in [1.807, 2.05) is 6.07 Å². The molecule has 3 aliphatic rings. The number of carbonyl (C=O) groups excluding carboxylic acids is 1. The largest absolute Gasteiger partial charge is 0.454 e. The summed E-state index contributed by atoms with van der Waals surface area (Å²) in [5, 5.41) is 44.8. The average molecular weight is 637 g/mol. The summed E-state index contributed by atoms with van der Waals surface area (Å²) in [6, 6.07) is 10.0. The van der Waals surface area contributed by atoms with Crippen molar-refractivity contribution in [3.05, 3.63) is 81.5 Å². The summed E-state index contributed by atoms with van der Waals surface area (Å²) in [5.74, 6) is -1.30. The second-order valence-corrected chi connectivity index (χ2v) is 11.2. The lowest BCUT2D eigenvalue weighted by Crippen LogP contribution is -2.67. The van der Waals surface area contributed by atoms with Gasteiger partial charge in [0.05, 0.1) is 24.8 Å². The van der Waals surface area contributed by atoms with Crippen LogP contribution in [-0.2, 0) is 30.4 Å². The van der Waals surface area contributed by atoms with E-state index in [9.17, 15) is 29.6 Å². The molecule has 6 N–H and O–H groups in total. The summed E-state index contributed by atoms with van der Waals surface area (Å²) >= 11 is 5.98. The Morgan fingerprint density at radius 1 is 1.07 bits per heavy atom. The summed E-state index contributed by atoms with van der Waals surface area (Å²) in [4.78, 5) is 18.3. The minimum atomic E-state index is -1.49. The number of carbonyl (C=O) groups is 1. The molecular formula is C30H34ClFN2O10. The van der Waals surface area contributed by atoms with Crippen LogP contribution < -0.4 is 15.5 Å². The number of allylic oxidation sites excluding steroid dienone is 1. The van der Waals surface area contributed by atoms with Crippen LogP contribution in [0, 0.1) is 5.82 Å². The molecule has 44 heavy (non-hydrogen) atoms. The molecule has 1 amide bonds. The highest BCUT2D eigenvalue weighted by molar-refractivity contribution is 6.30. The molecule has 3 fully saturated rings. The van der Waals surface area contributed by atoms with Crippen molar-refractivity contribution < 1.29 is 53.4 Å². The van der Waals surface area contributed by atoms with Crippen molar-refractivity contribution in [2.45, 2.75) is 75.8 Å². The molecule has 2 saturated heterocycles. The molecule has 2 aliphatic heterocycles. The molecule has 0 bridgehead atoms. The number of hydroxylamine groups is 1. The van der Waals surface area contributed by atoms with E-state index >= 15 is 0 Å². The summed E-state index contributed by atoms with van der Waals surface area (Å²) < 4.78 is 36.8. The Morgan fingerprint density at radius 3 is 2.55 bits per heavy atom. The lowest BCUT2D eigenvalue weighted by atomic mass is 9.83. The molecule has 0 spiro atoms. The van der Waals surface area contributed by atoms with E-state index < -0.39 is 60.7 Å². The van der Waals surface area contributed by atoms with Crippen LogP contribution in [0.1, 0.15) is 31.4 Å². The number of benzene rings is 2. The molecule has 1 aliphatic carbocycles. The van der Waals surface area contributed by atoms with Gasteiger partial charge in [-0.1, -0.05) is 29.8 Å². The van der Waals surface area contributed by atoms with Crippen molar-refractivity contribution in [2.75, 3.05) is 6.79 Å². The van der Waals surface area contributed by atoms with Crippen LogP contribution in [-0.4, -0.2) is 82.1 Å². The standard InChI is InChI=1S/C30H34ClFN2O10/c1-14(30(39)33-23-24(36)26(38)29-28(25(23)37)40-13-41-29)8-16-6-7-21(19(32)10-16)43-22-11-20(35)27(44-22)15(2)34-42-12-17-4-3-5-18(31)9-17/h3-10,20,22-26,28-29,34-38H,11-13H2,1-2H3,(H,33,39)/t20-,22+,23+,24-,25+,26+,28-,29+/m0/s1. The van der Waals surface area contributed by atoms with Crippen LogP contribution in [0.15, 0.2) is 59.5 Å². The number of amides is 1. The number of hydrogen-bond donors (Lipinski definition) is 6. The fourth-order valence-corrected chi connectivity index (χ4v) is 5.47. The Hall–Kier alpha value is -3.27. The summed E-state index contributed by atoms with van der Waals surface area (Å²) in [6.07, 6.45) is -6.51. The zero-order valence-corrected chi connectivity index (χ0v) is 24.6. The van der Waals surface area contributed by atoms with E-state index in [1.54, 1.807) is 25.1 Å². The second-order valence-electron chi connectivity index (χ2n) is 10.8. The number of halogens is 2. The van der Waals surface area contributed by atoms with Crippen LogP contribution in [0.3, 0.4) is 0 Å². The van der Waals surface area contributed by atoms with Crippen molar-refractivity contribution in [3.63, 3.8) is 0 Å². The van der Waals surface area contributed by atoms with Gasteiger partial charge in [0.1, 0.15) is 43.4 Å². The minimum absolute atomic E-state index is 0.0509. The maximum Gasteiger partial charge on any atom is 0.247 e. The fourth-order valence-electron chi connectivity index (χ4n) is 5.25. The van der Waals surface area contributed by atoms with Gasteiger partial charge in [-0.25, -0.2) is 4.39 Å². The first-order valence-electron chi connectivity index (χ1n) is 13.9. The minimum Gasteiger partial charge on any atom is -0.454 e. The van der Waals surface area contributed by atoms with Crippen molar-refractivity contribution in [1.29, 1.82) is 0 Å². The number of rotatable bonds is 9. The lowest BCUT2D eigenvalue weighted by molar-refractivity contribution is -0.155. The third-order valence-corrected chi connectivity index (χ3v) is 7.79. The monoisotopic (exact) mass is 636 g/mol. The maximum absolute atomic E-state index is 15.0. The van der Waals surface area contributed by atoms with E-state index in [0.717, 1.165) is 11.6 Å². The normalized spacial score (nSPS) is 31.2. The molecule has 0 aromatic heterocycles. The van der Waals surface area contributed by atoms with Crippen molar-refractivity contribution >= 4 is 23.6 Å². The number of hydrogen-bond acceptors (Lipinski definition) is 11. The highest BCUT2D eigenvalue weighted by Gasteiger charge is 2.53. The van der Waals surface area contributed by atoms with Gasteiger partial charge >= 0.3 is 0 Å². The molecule has 5 rings (SSSR count). The van der Waals surface area contributed by atoms with E-state index in [1.165, 1.54) is 25.1 Å². The van der Waals surface area contributed by atoms with E-state index in [2.05, 4.69) is 10.8 Å². The molecular weight excluding hydrogens is 603 g/mol. The Kier molecular flexibility index (Phi) is 10.1. The van der Waals surface area contributed by atoms with Crippen LogP contribution in [0.2, 0.25) is 5.02 Å². The third kappa shape index (κ3) is 7.16. The molecule has 0 unspecified atom stereocenters. The first-order valence-corrected chi connectivity index (χ1v) is 14.3. The molecule has 2 heterocycles. The lowest BCUT2D eigenvalue weighted by Gasteiger charge is -2.41. The van der Waals surface area contributed by atoms with Crippen LogP contribution in [0.25, 0.3) is 6.08 Å². The Bertz CT molecular complexity index is 1420. The van der Waals surface area contributed by atoms with Gasteiger partial charge in [0.25, 0.3) is 0 Å². The van der Waals surface area contributed by atoms with Gasteiger partial charge in [-0.3, -0.25) is 15.1 Å². The molecule has 8 atom stereocenters. The predicted molar refractivity (Wildman–Crippen MR) is 153 cm³/mol. The Morgan fingerprint density at radius 2 is 1.82 bits per heavy atom. The predicted octanol–water partition coefficient (Wildman–Crippen LogP) is 1.64. The molecule has 2 aromatic carbocycles. The van der Waals surface area contributed by atoms with Crippen molar-refractivity contribution in [3.8, 4) is 5.75 Å². The first kappa shape index (κ1) is 32.1. The third-order valence-electron chi connectivity index (χ3n) is 7.56. The topological polar surface area (TPSA) is 168 Å². The Labute approximate surface area is 257 Å². The molecule has 14 heteroatoms. The van der Waals surface area contributed by atoms with Gasteiger partial charge in [-0.2, -0.15) is 0 Å². The van der Waals surface area contributed by atoms with Crippen LogP contribution >= 0.6 is 11.6 Å². The highest BCUT2D eigenvalue weighted by Crippen LogP contribution is 2.31. The van der Waals surface area contributed by atoms with Crippen molar-refractivity contribution in [2.24, 2.45) is 0 Å². The van der Waals surface area contributed by atoms with Gasteiger partial charge in [-0.05, 0) is 55.3 Å². The molecule has 238 valence electrons. The highest BCUT2D eigenvalue weighted by atomic mass is 35.5. The second kappa shape index (κ2) is 13.8. The summed E-state index contributed by atoms with van der Waals surface area (Å²) in [6.45, 7) is 3.20. The number of ether oxygens (including phenoxy) is 4. The average Bonchev–Trinajstić information content (AvgIpc) is 3.62. The molecule has 1 saturated carbocycles. The quantitative estimate of drug-likeness (QED) is 0.175. The number of nitrogens with one attached hydrogen (secondary N) is 2. The van der Waals surface area contributed by atoms with Gasteiger partial charge < -0.3 is 44.7 Å². The van der Waals surface area contributed by atoms with Gasteiger partial charge in [0, 0.05) is 10.6 Å². The Balaban J connectivity index is 1.16. The zero-order chi connectivity index (χ0) is 31.5. The number of fused-ring (bicyclic) bond motifs is 1. The molecule has 2 aromatic rings. The zero-order valence-electron chi connectivity index (χ0n) is 23.9. The van der Waals surface area contributed by atoms with E-state index in [0.29, 0.717) is 16.3 Å². The summed E-state index contributed by atoms with van der Waals surface area (Å²) in [7, 11) is 0. The molecule has 12 nitrogen and oxygen atoms in total. The molecule has 0 radical (unpaired) electrons. The number of aliphatic hydroxyl groups is 4. The van der Waals surface area contributed by atoms with Gasteiger partial charge in [-0.15, -0.1) is 0 Å².